The molecule has 2 fully saturated rings. The number of ketones is 1. The van der Waals surface area contributed by atoms with Crippen molar-refractivity contribution < 1.29 is 17.2 Å². The second kappa shape index (κ2) is 7.15. The van der Waals surface area contributed by atoms with E-state index < -0.39 is 0 Å². The predicted octanol–water partition coefficient (Wildman–Crippen LogP) is 2.31. The Balaban J connectivity index is 0.00000161. The molecule has 2 aliphatic carbocycles. The van der Waals surface area contributed by atoms with E-state index in [9.17, 15) is 4.79 Å². The van der Waals surface area contributed by atoms with E-state index in [4.69, 9.17) is 11.6 Å². The number of rotatable bonds is 4. The fraction of sp³-hybridized carbons (Fsp3) is 0.611. The van der Waals surface area contributed by atoms with Crippen molar-refractivity contribution in [1.82, 2.24) is 0 Å². The number of Topliss-reactive ketones (excluding diaryl/α,β-unsaturated/α-hetero) is 1. The fourth-order valence-corrected chi connectivity index (χ4v) is 4.00. The van der Waals surface area contributed by atoms with Gasteiger partial charge in [0.15, 0.2) is 0 Å². The van der Waals surface area contributed by atoms with E-state index in [1.54, 1.807) is 0 Å². The molecule has 0 amide bonds. The minimum absolute atomic E-state index is 0. The summed E-state index contributed by atoms with van der Waals surface area (Å²) in [5.41, 5.74) is 1.01. The number of carbonyl (C=O) groups excluding carboxylic acids is 1. The van der Waals surface area contributed by atoms with Crippen LogP contribution in [0.5, 0.6) is 0 Å². The SMILES string of the molecule is O=C(CC1CCCCC1)C1(c2ccc(Cl)cc2)CCC1.[Cl-]. The molecule has 21 heavy (non-hydrogen) atoms. The van der Waals surface area contributed by atoms with E-state index in [-0.39, 0.29) is 17.8 Å². The van der Waals surface area contributed by atoms with Crippen LogP contribution in [-0.2, 0) is 10.2 Å². The first-order chi connectivity index (χ1) is 9.71. The number of carbonyl (C=O) groups is 1. The molecule has 0 unspecified atom stereocenters. The smallest absolute Gasteiger partial charge is 0.143 e. The number of halogens is 2. The standard InChI is InChI=1S/C18H23ClO.ClH/c19-16-9-7-15(8-10-16)18(11-4-12-18)17(20)13-14-5-2-1-3-6-14;/h7-10,14H,1-6,11-13H2;1H/p-1. The van der Waals surface area contributed by atoms with Crippen LogP contribution in [0, 0.1) is 5.92 Å². The van der Waals surface area contributed by atoms with Gasteiger partial charge in [0.05, 0.1) is 5.41 Å². The van der Waals surface area contributed by atoms with Gasteiger partial charge in [-0.2, -0.15) is 0 Å². The Labute approximate surface area is 138 Å². The van der Waals surface area contributed by atoms with Gasteiger partial charge in [-0.1, -0.05) is 62.3 Å². The second-order valence-electron chi connectivity index (χ2n) is 6.57. The Morgan fingerprint density at radius 3 is 2.19 bits per heavy atom. The van der Waals surface area contributed by atoms with Crippen molar-refractivity contribution in [1.29, 1.82) is 0 Å². The lowest BCUT2D eigenvalue weighted by Crippen LogP contribution is -3.00. The third-order valence-corrected chi connectivity index (χ3v) is 5.59. The van der Waals surface area contributed by atoms with Crippen molar-refractivity contribution in [2.75, 3.05) is 0 Å². The van der Waals surface area contributed by atoms with Crippen molar-refractivity contribution in [3.05, 3.63) is 34.9 Å². The van der Waals surface area contributed by atoms with Gasteiger partial charge in [-0.05, 0) is 36.5 Å². The van der Waals surface area contributed by atoms with Gasteiger partial charge in [0, 0.05) is 11.4 Å². The maximum absolute atomic E-state index is 12.9. The summed E-state index contributed by atoms with van der Waals surface area (Å²) in [5, 5.41) is 0.753. The third kappa shape index (κ3) is 3.46. The molecule has 0 saturated heterocycles. The van der Waals surface area contributed by atoms with Gasteiger partial charge in [-0.3, -0.25) is 4.79 Å². The van der Waals surface area contributed by atoms with Crippen LogP contribution < -0.4 is 12.4 Å². The Bertz CT molecular complexity index is 470. The van der Waals surface area contributed by atoms with Gasteiger partial charge in [0.25, 0.3) is 0 Å². The quantitative estimate of drug-likeness (QED) is 0.830. The highest BCUT2D eigenvalue weighted by molar-refractivity contribution is 6.30. The molecule has 2 saturated carbocycles. The summed E-state index contributed by atoms with van der Waals surface area (Å²) in [6.45, 7) is 0. The Kier molecular flexibility index (Phi) is 5.73. The number of hydrogen-bond acceptors (Lipinski definition) is 1. The second-order valence-corrected chi connectivity index (χ2v) is 7.01. The molecule has 0 spiro atoms. The minimum Gasteiger partial charge on any atom is -1.00 e. The largest absolute Gasteiger partial charge is 1.00 e. The topological polar surface area (TPSA) is 17.1 Å². The van der Waals surface area contributed by atoms with Crippen molar-refractivity contribution in [2.24, 2.45) is 5.92 Å². The minimum atomic E-state index is -0.179. The number of hydrogen-bond donors (Lipinski definition) is 0. The summed E-state index contributed by atoms with van der Waals surface area (Å²) < 4.78 is 0. The first-order valence-corrected chi connectivity index (χ1v) is 8.38. The van der Waals surface area contributed by atoms with Gasteiger partial charge in [-0.15, -0.1) is 0 Å². The summed E-state index contributed by atoms with van der Waals surface area (Å²) in [6.07, 6.45) is 10.5. The molecule has 0 aliphatic heterocycles. The summed E-state index contributed by atoms with van der Waals surface area (Å²) >= 11 is 5.97. The van der Waals surface area contributed by atoms with Crippen molar-refractivity contribution >= 4 is 17.4 Å². The van der Waals surface area contributed by atoms with Crippen LogP contribution in [0.25, 0.3) is 0 Å². The maximum Gasteiger partial charge on any atom is 0.143 e. The lowest BCUT2D eigenvalue weighted by atomic mass is 9.60. The molecule has 2 aliphatic rings. The normalized spacial score (nSPS) is 21.2. The molecule has 3 rings (SSSR count). The van der Waals surface area contributed by atoms with Gasteiger partial charge in [-0.25, -0.2) is 0 Å². The van der Waals surface area contributed by atoms with Gasteiger partial charge in [0.2, 0.25) is 0 Å². The van der Waals surface area contributed by atoms with Gasteiger partial charge >= 0.3 is 0 Å². The lowest BCUT2D eigenvalue weighted by molar-refractivity contribution is -0.128. The highest BCUT2D eigenvalue weighted by atomic mass is 35.5. The van der Waals surface area contributed by atoms with Crippen LogP contribution in [0.3, 0.4) is 0 Å². The molecule has 0 aromatic heterocycles. The van der Waals surface area contributed by atoms with E-state index in [1.807, 2.05) is 12.1 Å². The fourth-order valence-electron chi connectivity index (χ4n) is 3.88. The van der Waals surface area contributed by atoms with E-state index >= 15 is 0 Å². The molecule has 0 radical (unpaired) electrons. The van der Waals surface area contributed by atoms with Crippen LogP contribution in [0.1, 0.15) is 63.4 Å². The first kappa shape index (κ1) is 16.8. The lowest BCUT2D eigenvalue weighted by Gasteiger charge is -2.42. The molecule has 0 heterocycles. The Morgan fingerprint density at radius 1 is 1.05 bits per heavy atom. The average Bonchev–Trinajstić information content (AvgIpc) is 2.41. The molecule has 3 heteroatoms. The average molecular weight is 326 g/mol. The molecular weight excluding hydrogens is 303 g/mol. The van der Waals surface area contributed by atoms with Crippen molar-refractivity contribution in [2.45, 2.75) is 63.2 Å². The first-order valence-electron chi connectivity index (χ1n) is 8.00. The molecule has 116 valence electrons. The Hall–Kier alpha value is -0.530. The molecule has 0 bridgehead atoms. The zero-order chi connectivity index (χ0) is 14.0. The van der Waals surface area contributed by atoms with Crippen LogP contribution in [0.15, 0.2) is 24.3 Å². The zero-order valence-corrected chi connectivity index (χ0v) is 13.9. The molecule has 1 aromatic rings. The predicted molar refractivity (Wildman–Crippen MR) is 83.2 cm³/mol. The highest BCUT2D eigenvalue weighted by Gasteiger charge is 2.45. The van der Waals surface area contributed by atoms with E-state index in [0.717, 1.165) is 24.3 Å². The summed E-state index contributed by atoms with van der Waals surface area (Å²) in [7, 11) is 0. The van der Waals surface area contributed by atoms with Crippen LogP contribution in [0.4, 0.5) is 0 Å². The van der Waals surface area contributed by atoms with Crippen LogP contribution >= 0.6 is 11.6 Å². The molecule has 0 N–H and O–H groups in total. The highest BCUT2D eigenvalue weighted by Crippen LogP contribution is 2.46. The van der Waals surface area contributed by atoms with E-state index in [0.29, 0.717) is 11.7 Å². The molecule has 0 atom stereocenters. The molecular formula is C18H23Cl2O-. The summed E-state index contributed by atoms with van der Waals surface area (Å²) in [4.78, 5) is 12.9. The van der Waals surface area contributed by atoms with Gasteiger partial charge < -0.3 is 12.4 Å². The monoisotopic (exact) mass is 325 g/mol. The summed E-state index contributed by atoms with van der Waals surface area (Å²) in [6, 6.07) is 7.95. The maximum atomic E-state index is 12.9. The van der Waals surface area contributed by atoms with Crippen molar-refractivity contribution in [3.8, 4) is 0 Å². The third-order valence-electron chi connectivity index (χ3n) is 5.34. The zero-order valence-electron chi connectivity index (χ0n) is 12.4. The van der Waals surface area contributed by atoms with Crippen LogP contribution in [-0.4, -0.2) is 5.78 Å². The van der Waals surface area contributed by atoms with Gasteiger partial charge in [0.1, 0.15) is 5.78 Å². The van der Waals surface area contributed by atoms with E-state index in [1.165, 1.54) is 44.1 Å². The van der Waals surface area contributed by atoms with E-state index in [2.05, 4.69) is 12.1 Å². The number of benzene rings is 1. The van der Waals surface area contributed by atoms with Crippen molar-refractivity contribution in [3.63, 3.8) is 0 Å². The Morgan fingerprint density at radius 2 is 1.67 bits per heavy atom. The molecule has 1 nitrogen and oxygen atoms in total. The van der Waals surface area contributed by atoms with Crippen LogP contribution in [0.2, 0.25) is 5.02 Å². The molecule has 1 aromatic carbocycles. The summed E-state index contributed by atoms with van der Waals surface area (Å²) in [5.74, 6) is 1.12.